The third-order valence-electron chi connectivity index (χ3n) is 4.02. The topological polar surface area (TPSA) is 50.3 Å². The summed E-state index contributed by atoms with van der Waals surface area (Å²) < 4.78 is 26.3. The summed E-state index contributed by atoms with van der Waals surface area (Å²) in [5.74, 6) is 0.128. The second-order valence-corrected chi connectivity index (χ2v) is 8.52. The van der Waals surface area contributed by atoms with E-state index in [4.69, 9.17) is 23.4 Å². The van der Waals surface area contributed by atoms with Crippen molar-refractivity contribution >= 4 is 39.2 Å². The third-order valence-corrected chi connectivity index (χ3v) is 6.69. The van der Waals surface area contributed by atoms with Gasteiger partial charge in [-0.15, -0.1) is 0 Å². The molecule has 3 rings (SSSR count). The van der Waals surface area contributed by atoms with E-state index in [9.17, 15) is 8.42 Å². The van der Waals surface area contributed by atoms with Crippen molar-refractivity contribution in [2.75, 3.05) is 3.82 Å². The van der Waals surface area contributed by atoms with Gasteiger partial charge >= 0.3 is 0 Å². The summed E-state index contributed by atoms with van der Waals surface area (Å²) in [6, 6.07) is 15.7. The molecule has 0 amide bonds. The molecule has 0 bridgehead atoms. The number of benzene rings is 2. The molecule has 0 unspecified atom stereocenters. The van der Waals surface area contributed by atoms with Gasteiger partial charge in [0.25, 0.3) is 10.0 Å². The van der Waals surface area contributed by atoms with E-state index in [2.05, 4.69) is 4.98 Å². The van der Waals surface area contributed by atoms with Crippen LogP contribution in [0.2, 0.25) is 5.02 Å². The number of aromatic nitrogens is 1. The maximum atomic E-state index is 12.8. The number of nitrogens with zero attached hydrogens (tertiary/aromatic N) is 2. The van der Waals surface area contributed by atoms with Crippen LogP contribution in [-0.2, 0) is 10.0 Å². The van der Waals surface area contributed by atoms with Crippen LogP contribution in [0.15, 0.2) is 65.7 Å². The highest BCUT2D eigenvalue weighted by atomic mass is 35.5. The molecular formula is C19H16Cl2N2O2S. The average molecular weight is 407 g/mol. The molecule has 0 saturated carbocycles. The quantitative estimate of drug-likeness (QED) is 0.547. The van der Waals surface area contributed by atoms with E-state index in [1.54, 1.807) is 43.5 Å². The smallest absolute Gasteiger partial charge is 0.236 e. The van der Waals surface area contributed by atoms with Crippen molar-refractivity contribution < 1.29 is 8.42 Å². The van der Waals surface area contributed by atoms with Crippen LogP contribution in [0.3, 0.4) is 0 Å². The van der Waals surface area contributed by atoms with E-state index in [0.717, 1.165) is 16.7 Å². The molecule has 0 spiro atoms. The van der Waals surface area contributed by atoms with Crippen molar-refractivity contribution in [2.24, 2.45) is 0 Å². The second kappa shape index (κ2) is 7.27. The van der Waals surface area contributed by atoms with Crippen molar-refractivity contribution in [2.45, 2.75) is 18.7 Å². The van der Waals surface area contributed by atoms with Gasteiger partial charge in [0.2, 0.25) is 0 Å². The molecular weight excluding hydrogens is 391 g/mol. The van der Waals surface area contributed by atoms with Gasteiger partial charge < -0.3 is 0 Å². The summed E-state index contributed by atoms with van der Waals surface area (Å²) in [7, 11) is -3.91. The molecule has 0 aliphatic carbocycles. The Balaban J connectivity index is 2.02. The lowest BCUT2D eigenvalue weighted by molar-refractivity contribution is 0.597. The van der Waals surface area contributed by atoms with Crippen LogP contribution in [0.1, 0.15) is 11.1 Å². The van der Waals surface area contributed by atoms with Crippen molar-refractivity contribution in [3.63, 3.8) is 0 Å². The molecule has 0 N–H and O–H groups in total. The maximum absolute atomic E-state index is 12.8. The van der Waals surface area contributed by atoms with Crippen LogP contribution >= 0.6 is 23.4 Å². The second-order valence-electron chi connectivity index (χ2n) is 5.82. The Labute approximate surface area is 163 Å². The fourth-order valence-electron chi connectivity index (χ4n) is 2.65. The molecule has 0 fully saturated rings. The molecule has 0 saturated heterocycles. The predicted molar refractivity (Wildman–Crippen MR) is 106 cm³/mol. The number of pyridine rings is 1. The van der Waals surface area contributed by atoms with E-state index >= 15 is 0 Å². The highest BCUT2D eigenvalue weighted by Crippen LogP contribution is 2.33. The summed E-state index contributed by atoms with van der Waals surface area (Å²) in [5.41, 5.74) is 3.07. The normalized spacial score (nSPS) is 11.4. The average Bonchev–Trinajstić information content (AvgIpc) is 2.62. The number of rotatable bonds is 4. The monoisotopic (exact) mass is 406 g/mol. The molecule has 0 aliphatic rings. The van der Waals surface area contributed by atoms with Crippen LogP contribution in [0.5, 0.6) is 0 Å². The van der Waals surface area contributed by atoms with Gasteiger partial charge in [0.05, 0.1) is 4.90 Å². The molecule has 0 radical (unpaired) electrons. The summed E-state index contributed by atoms with van der Waals surface area (Å²) in [6.45, 7) is 3.58. The number of aryl methyl sites for hydroxylation is 2. The molecule has 0 aliphatic heterocycles. The fraction of sp³-hybridized carbons (Fsp3) is 0.105. The Morgan fingerprint density at radius 1 is 0.923 bits per heavy atom. The van der Waals surface area contributed by atoms with E-state index < -0.39 is 10.0 Å². The van der Waals surface area contributed by atoms with Crippen molar-refractivity contribution in [1.82, 2.24) is 4.98 Å². The van der Waals surface area contributed by atoms with Gasteiger partial charge in [-0.25, -0.2) is 4.98 Å². The molecule has 7 heteroatoms. The Morgan fingerprint density at radius 2 is 1.58 bits per heavy atom. The van der Waals surface area contributed by atoms with Crippen LogP contribution in [-0.4, -0.2) is 13.4 Å². The first-order chi connectivity index (χ1) is 12.3. The van der Waals surface area contributed by atoms with Gasteiger partial charge in [0.1, 0.15) is 0 Å². The summed E-state index contributed by atoms with van der Waals surface area (Å²) in [5, 5.41) is 0.598. The molecule has 1 heterocycles. The van der Waals surface area contributed by atoms with Gasteiger partial charge in [0.15, 0.2) is 5.82 Å². The first kappa shape index (κ1) is 18.7. The van der Waals surface area contributed by atoms with Crippen LogP contribution in [0, 0.1) is 13.8 Å². The zero-order valence-corrected chi connectivity index (χ0v) is 16.5. The zero-order valence-electron chi connectivity index (χ0n) is 14.1. The zero-order chi connectivity index (χ0) is 18.9. The van der Waals surface area contributed by atoms with Gasteiger partial charge in [0, 0.05) is 34.1 Å². The minimum atomic E-state index is -3.91. The van der Waals surface area contributed by atoms with Crippen molar-refractivity contribution in [3.05, 3.63) is 76.9 Å². The summed E-state index contributed by atoms with van der Waals surface area (Å²) in [6.07, 6.45) is 1.58. The van der Waals surface area contributed by atoms with Gasteiger partial charge in [-0.2, -0.15) is 12.2 Å². The van der Waals surface area contributed by atoms with E-state index in [-0.39, 0.29) is 10.7 Å². The van der Waals surface area contributed by atoms with E-state index in [0.29, 0.717) is 14.4 Å². The Bertz CT molecular complexity index is 1070. The molecule has 2 aromatic carbocycles. The van der Waals surface area contributed by atoms with Crippen LogP contribution in [0.25, 0.3) is 11.1 Å². The lowest BCUT2D eigenvalue weighted by atomic mass is 10.0. The first-order valence-corrected chi connectivity index (χ1v) is 9.96. The molecule has 4 nitrogen and oxygen atoms in total. The van der Waals surface area contributed by atoms with Gasteiger partial charge in [-0.3, -0.25) is 0 Å². The molecule has 1 aromatic heterocycles. The molecule has 0 atom stereocenters. The number of halogens is 2. The van der Waals surface area contributed by atoms with Crippen LogP contribution in [0.4, 0.5) is 5.82 Å². The largest absolute Gasteiger partial charge is 0.279 e. The minimum absolute atomic E-state index is 0.128. The minimum Gasteiger partial charge on any atom is -0.236 e. The summed E-state index contributed by atoms with van der Waals surface area (Å²) >= 11 is 12.4. The Kier molecular flexibility index (Phi) is 5.23. The lowest BCUT2D eigenvalue weighted by Gasteiger charge is -2.18. The molecule has 3 aromatic rings. The SMILES string of the molecule is Cc1cc(N(Cl)S(=O)(=O)c2ccccc2C)ncc1-c1ccccc1Cl. The number of hydrogen-bond acceptors (Lipinski definition) is 3. The lowest BCUT2D eigenvalue weighted by Crippen LogP contribution is -2.23. The Hall–Kier alpha value is -2.08. The standard InChI is InChI=1S/C19H16Cl2N2O2S/c1-13-7-3-6-10-18(13)26(24,25)23(21)19-11-14(2)16(12-22-19)15-8-4-5-9-17(15)20/h3-12H,1-2H3. The highest BCUT2D eigenvalue weighted by molar-refractivity contribution is 7.94. The van der Waals surface area contributed by atoms with Crippen LogP contribution < -0.4 is 3.82 Å². The molecule has 26 heavy (non-hydrogen) atoms. The number of sulfonamides is 1. The van der Waals surface area contributed by atoms with Gasteiger partial charge in [-0.05, 0) is 43.2 Å². The van der Waals surface area contributed by atoms with Crippen molar-refractivity contribution in [3.8, 4) is 11.1 Å². The highest BCUT2D eigenvalue weighted by Gasteiger charge is 2.26. The third kappa shape index (κ3) is 3.43. The van der Waals surface area contributed by atoms with Crippen molar-refractivity contribution in [1.29, 1.82) is 0 Å². The molecule has 134 valence electrons. The maximum Gasteiger partial charge on any atom is 0.279 e. The number of anilines is 1. The predicted octanol–water partition coefficient (Wildman–Crippen LogP) is 5.37. The summed E-state index contributed by atoms with van der Waals surface area (Å²) in [4.78, 5) is 4.38. The first-order valence-electron chi connectivity index (χ1n) is 7.80. The van der Waals surface area contributed by atoms with Gasteiger partial charge in [-0.1, -0.05) is 48.0 Å². The fourth-order valence-corrected chi connectivity index (χ4v) is 4.45. The van der Waals surface area contributed by atoms with E-state index in [1.807, 2.05) is 25.1 Å². The Morgan fingerprint density at radius 3 is 2.23 bits per heavy atom. The number of hydrogen-bond donors (Lipinski definition) is 0. The van der Waals surface area contributed by atoms with E-state index in [1.165, 1.54) is 6.07 Å².